The molecular formula is C26H20ClFN2O3S. The summed E-state index contributed by atoms with van der Waals surface area (Å²) in [6.07, 6.45) is 0. The van der Waals surface area contributed by atoms with Crippen LogP contribution in [-0.2, 0) is 10.0 Å². The molecule has 0 saturated heterocycles. The first kappa shape index (κ1) is 23.6. The Hall–Kier alpha value is -3.52. The molecule has 4 aromatic carbocycles. The van der Waals surface area contributed by atoms with E-state index in [1.165, 1.54) is 24.3 Å². The number of halogens is 2. The third-order valence-electron chi connectivity index (χ3n) is 5.14. The smallest absolute Gasteiger partial charge is 0.255 e. The summed E-state index contributed by atoms with van der Waals surface area (Å²) in [5.74, 6) is -1.42. The average molecular weight is 495 g/mol. The van der Waals surface area contributed by atoms with Crippen molar-refractivity contribution in [3.63, 3.8) is 0 Å². The van der Waals surface area contributed by atoms with Gasteiger partial charge in [0.25, 0.3) is 5.91 Å². The highest BCUT2D eigenvalue weighted by Gasteiger charge is 2.24. The maximum Gasteiger partial charge on any atom is 0.255 e. The molecule has 0 unspecified atom stereocenters. The Balaban J connectivity index is 1.58. The molecule has 34 heavy (non-hydrogen) atoms. The Morgan fingerprint density at radius 2 is 1.35 bits per heavy atom. The second-order valence-electron chi connectivity index (χ2n) is 7.48. The van der Waals surface area contributed by atoms with E-state index >= 15 is 0 Å². The lowest BCUT2D eigenvalue weighted by Crippen LogP contribution is -2.29. The molecule has 0 aliphatic heterocycles. The standard InChI is InChI=1S/C26H20ClFN2O3S/c27-21-13-11-20(12-14-21)26(31)29-24-16-15-22(17-23(24)28)34(32,33)30-25(18-7-3-1-4-8-18)19-9-5-2-6-10-19/h1-17,25,30H,(H,29,31). The summed E-state index contributed by atoms with van der Waals surface area (Å²) in [6, 6.07) is 27.0. The van der Waals surface area contributed by atoms with Gasteiger partial charge in [-0.2, -0.15) is 4.72 Å². The SMILES string of the molecule is O=C(Nc1ccc(S(=O)(=O)NC(c2ccccc2)c2ccccc2)cc1F)c1ccc(Cl)cc1. The van der Waals surface area contributed by atoms with Gasteiger partial charge in [-0.15, -0.1) is 0 Å². The molecule has 0 heterocycles. The number of benzene rings is 4. The molecule has 0 radical (unpaired) electrons. The maximum atomic E-state index is 14.8. The molecule has 2 N–H and O–H groups in total. The van der Waals surface area contributed by atoms with E-state index in [1.807, 2.05) is 60.7 Å². The van der Waals surface area contributed by atoms with E-state index in [0.717, 1.165) is 17.2 Å². The zero-order valence-electron chi connectivity index (χ0n) is 17.8. The van der Waals surface area contributed by atoms with Crippen LogP contribution in [-0.4, -0.2) is 14.3 Å². The number of amides is 1. The molecule has 4 rings (SSSR count). The number of hydrogen-bond donors (Lipinski definition) is 2. The van der Waals surface area contributed by atoms with Crippen LogP contribution in [0.25, 0.3) is 0 Å². The number of anilines is 1. The van der Waals surface area contributed by atoms with E-state index in [9.17, 15) is 17.6 Å². The van der Waals surface area contributed by atoms with Gasteiger partial charge in [-0.05, 0) is 53.6 Å². The fourth-order valence-corrected chi connectivity index (χ4v) is 4.75. The van der Waals surface area contributed by atoms with Crippen molar-refractivity contribution in [3.05, 3.63) is 131 Å². The second-order valence-corrected chi connectivity index (χ2v) is 9.63. The van der Waals surface area contributed by atoms with Crippen molar-refractivity contribution in [3.8, 4) is 0 Å². The van der Waals surface area contributed by atoms with Crippen LogP contribution in [0.5, 0.6) is 0 Å². The number of hydrogen-bond acceptors (Lipinski definition) is 3. The van der Waals surface area contributed by atoms with Crippen LogP contribution in [0.15, 0.2) is 108 Å². The quantitative estimate of drug-likeness (QED) is 0.341. The number of sulfonamides is 1. The molecule has 8 heteroatoms. The van der Waals surface area contributed by atoms with Crippen molar-refractivity contribution >= 4 is 33.2 Å². The van der Waals surface area contributed by atoms with Gasteiger partial charge in [0.15, 0.2) is 0 Å². The molecule has 172 valence electrons. The summed E-state index contributed by atoms with van der Waals surface area (Å²) < 4.78 is 43.7. The topological polar surface area (TPSA) is 75.3 Å². The molecule has 0 aliphatic rings. The van der Waals surface area contributed by atoms with Crippen molar-refractivity contribution in [2.45, 2.75) is 10.9 Å². The first-order chi connectivity index (χ1) is 16.3. The van der Waals surface area contributed by atoms with Gasteiger partial charge >= 0.3 is 0 Å². The summed E-state index contributed by atoms with van der Waals surface area (Å²) >= 11 is 5.82. The third kappa shape index (κ3) is 5.51. The van der Waals surface area contributed by atoms with Crippen molar-refractivity contribution < 1.29 is 17.6 Å². The van der Waals surface area contributed by atoms with Crippen LogP contribution >= 0.6 is 11.6 Å². The Morgan fingerprint density at radius 3 is 1.88 bits per heavy atom. The Labute approximate surface area is 202 Å². The van der Waals surface area contributed by atoms with Gasteiger partial charge in [-0.1, -0.05) is 72.3 Å². The molecule has 0 saturated carbocycles. The Kier molecular flexibility index (Phi) is 7.07. The lowest BCUT2D eigenvalue weighted by molar-refractivity contribution is 0.102. The first-order valence-electron chi connectivity index (χ1n) is 10.3. The number of nitrogens with one attached hydrogen (secondary N) is 2. The second kappa shape index (κ2) is 10.2. The molecule has 5 nitrogen and oxygen atoms in total. The zero-order valence-corrected chi connectivity index (χ0v) is 19.4. The number of rotatable bonds is 7. The molecule has 0 bridgehead atoms. The summed E-state index contributed by atoms with van der Waals surface area (Å²) in [5, 5.41) is 2.91. The molecule has 0 aromatic heterocycles. The Bertz CT molecular complexity index is 1360. The predicted octanol–water partition coefficient (Wildman–Crippen LogP) is 5.80. The molecular weight excluding hydrogens is 475 g/mol. The van der Waals surface area contributed by atoms with E-state index in [0.29, 0.717) is 5.02 Å². The molecule has 0 atom stereocenters. The summed E-state index contributed by atoms with van der Waals surface area (Å²) in [7, 11) is -4.10. The highest BCUT2D eigenvalue weighted by molar-refractivity contribution is 7.89. The highest BCUT2D eigenvalue weighted by atomic mass is 35.5. The molecule has 0 spiro atoms. The molecule has 4 aromatic rings. The maximum absolute atomic E-state index is 14.8. The van der Waals surface area contributed by atoms with Crippen LogP contribution in [0.2, 0.25) is 5.02 Å². The van der Waals surface area contributed by atoms with Gasteiger partial charge in [0.1, 0.15) is 5.82 Å². The average Bonchev–Trinajstić information content (AvgIpc) is 2.85. The fraction of sp³-hybridized carbons (Fsp3) is 0.0385. The molecule has 1 amide bonds. The first-order valence-corrected chi connectivity index (χ1v) is 12.2. The van der Waals surface area contributed by atoms with E-state index < -0.39 is 27.8 Å². The zero-order chi connectivity index (χ0) is 24.1. The highest BCUT2D eigenvalue weighted by Crippen LogP contribution is 2.26. The largest absolute Gasteiger partial charge is 0.319 e. The lowest BCUT2D eigenvalue weighted by atomic mass is 10.00. The van der Waals surface area contributed by atoms with Gasteiger partial charge in [0.2, 0.25) is 10.0 Å². The fourth-order valence-electron chi connectivity index (χ4n) is 3.40. The lowest BCUT2D eigenvalue weighted by Gasteiger charge is -2.20. The van der Waals surface area contributed by atoms with E-state index in [2.05, 4.69) is 10.0 Å². The predicted molar refractivity (Wildman–Crippen MR) is 131 cm³/mol. The molecule has 0 fully saturated rings. The van der Waals surface area contributed by atoms with Gasteiger partial charge in [0.05, 0.1) is 16.6 Å². The minimum Gasteiger partial charge on any atom is -0.319 e. The van der Waals surface area contributed by atoms with E-state index in [1.54, 1.807) is 12.1 Å². The summed E-state index contributed by atoms with van der Waals surface area (Å²) in [5.41, 5.74) is 1.63. The van der Waals surface area contributed by atoms with Gasteiger partial charge in [0, 0.05) is 10.6 Å². The van der Waals surface area contributed by atoms with Crippen molar-refractivity contribution in [1.82, 2.24) is 4.72 Å². The van der Waals surface area contributed by atoms with Crippen LogP contribution in [0.4, 0.5) is 10.1 Å². The third-order valence-corrected chi connectivity index (χ3v) is 6.82. The summed E-state index contributed by atoms with van der Waals surface area (Å²) in [6.45, 7) is 0. The van der Waals surface area contributed by atoms with Gasteiger partial charge < -0.3 is 5.32 Å². The Morgan fingerprint density at radius 1 is 0.794 bits per heavy atom. The van der Waals surface area contributed by atoms with E-state index in [4.69, 9.17) is 11.6 Å². The summed E-state index contributed by atoms with van der Waals surface area (Å²) in [4.78, 5) is 12.1. The van der Waals surface area contributed by atoms with Crippen LogP contribution in [0.3, 0.4) is 0 Å². The normalized spacial score (nSPS) is 11.4. The monoisotopic (exact) mass is 494 g/mol. The van der Waals surface area contributed by atoms with Crippen LogP contribution < -0.4 is 10.0 Å². The van der Waals surface area contributed by atoms with Crippen LogP contribution in [0, 0.1) is 5.82 Å². The minimum absolute atomic E-state index is 0.137. The number of carbonyl (C=O) groups excluding carboxylic acids is 1. The number of carbonyl (C=O) groups is 1. The minimum atomic E-state index is -4.10. The molecule has 0 aliphatic carbocycles. The van der Waals surface area contributed by atoms with Crippen LogP contribution in [0.1, 0.15) is 27.5 Å². The van der Waals surface area contributed by atoms with Crippen molar-refractivity contribution in [2.24, 2.45) is 0 Å². The van der Waals surface area contributed by atoms with Gasteiger partial charge in [-0.25, -0.2) is 12.8 Å². The van der Waals surface area contributed by atoms with Crippen molar-refractivity contribution in [1.29, 1.82) is 0 Å². The van der Waals surface area contributed by atoms with Crippen molar-refractivity contribution in [2.75, 3.05) is 5.32 Å². The van der Waals surface area contributed by atoms with E-state index in [-0.39, 0.29) is 16.1 Å². The van der Waals surface area contributed by atoms with Gasteiger partial charge in [-0.3, -0.25) is 4.79 Å².